The Balaban J connectivity index is 2.18. The maximum absolute atomic E-state index is 12.4. The van der Waals surface area contributed by atoms with Gasteiger partial charge in [0.15, 0.2) is 9.84 Å². The molecule has 2 rings (SSSR count). The molecule has 0 spiro atoms. The van der Waals surface area contributed by atoms with Gasteiger partial charge in [-0.05, 0) is 24.1 Å². The van der Waals surface area contributed by atoms with E-state index in [0.717, 1.165) is 11.1 Å². The first-order valence-corrected chi connectivity index (χ1v) is 8.78. The van der Waals surface area contributed by atoms with Gasteiger partial charge in [-0.15, -0.1) is 0 Å². The van der Waals surface area contributed by atoms with E-state index in [-0.39, 0.29) is 18.1 Å². The first-order valence-electron chi connectivity index (χ1n) is 6.96. The summed E-state index contributed by atoms with van der Waals surface area (Å²) in [6.07, 6.45) is 0. The fourth-order valence-electron chi connectivity index (χ4n) is 2.30. The first kappa shape index (κ1) is 16.5. The van der Waals surface area contributed by atoms with Crippen molar-refractivity contribution in [2.45, 2.75) is 25.0 Å². The molecule has 118 valence electrons. The zero-order valence-electron chi connectivity index (χ0n) is 12.7. The lowest BCUT2D eigenvalue weighted by atomic mass is 10.1. The standard InChI is InChI=1S/C17H20O4S/c1-13-3-8-17(21-2)16(9-13)12-22(19,20)11-15-6-4-14(10-18)5-7-15/h3-9,18H,10-12H2,1-2H3. The van der Waals surface area contributed by atoms with Crippen LogP contribution >= 0.6 is 0 Å². The summed E-state index contributed by atoms with van der Waals surface area (Å²) in [4.78, 5) is 0. The summed E-state index contributed by atoms with van der Waals surface area (Å²) in [5, 5.41) is 9.01. The molecule has 1 N–H and O–H groups in total. The molecule has 0 aromatic heterocycles. The highest BCUT2D eigenvalue weighted by atomic mass is 32.2. The zero-order chi connectivity index (χ0) is 16.2. The van der Waals surface area contributed by atoms with Crippen LogP contribution in [-0.4, -0.2) is 20.6 Å². The van der Waals surface area contributed by atoms with Gasteiger partial charge in [0.25, 0.3) is 0 Å². The first-order chi connectivity index (χ1) is 10.4. The van der Waals surface area contributed by atoms with Crippen LogP contribution in [-0.2, 0) is 27.9 Å². The molecule has 5 heteroatoms. The maximum Gasteiger partial charge on any atom is 0.158 e. The van der Waals surface area contributed by atoms with Crippen molar-refractivity contribution in [1.29, 1.82) is 0 Å². The summed E-state index contributed by atoms with van der Waals surface area (Å²) in [6.45, 7) is 1.87. The van der Waals surface area contributed by atoms with Crippen molar-refractivity contribution in [3.63, 3.8) is 0 Å². The lowest BCUT2D eigenvalue weighted by Crippen LogP contribution is -2.09. The van der Waals surface area contributed by atoms with Crippen LogP contribution in [0.15, 0.2) is 42.5 Å². The number of ether oxygens (including phenoxy) is 1. The molecule has 0 radical (unpaired) electrons. The van der Waals surface area contributed by atoms with Gasteiger partial charge >= 0.3 is 0 Å². The largest absolute Gasteiger partial charge is 0.496 e. The fraction of sp³-hybridized carbons (Fsp3) is 0.294. The Hall–Kier alpha value is -1.85. The number of aliphatic hydroxyl groups excluding tert-OH is 1. The van der Waals surface area contributed by atoms with Crippen LogP contribution in [0.5, 0.6) is 5.75 Å². The minimum absolute atomic E-state index is 0.0319. The van der Waals surface area contributed by atoms with Crippen LogP contribution < -0.4 is 4.74 Å². The highest BCUT2D eigenvalue weighted by Crippen LogP contribution is 2.23. The SMILES string of the molecule is COc1ccc(C)cc1CS(=O)(=O)Cc1ccc(CO)cc1. The van der Waals surface area contributed by atoms with Crippen LogP contribution in [0.25, 0.3) is 0 Å². The van der Waals surface area contributed by atoms with E-state index < -0.39 is 9.84 Å². The molecule has 0 aliphatic rings. The molecular weight excluding hydrogens is 300 g/mol. The van der Waals surface area contributed by atoms with Crippen molar-refractivity contribution in [1.82, 2.24) is 0 Å². The summed E-state index contributed by atoms with van der Waals surface area (Å²) in [7, 11) is -1.76. The minimum Gasteiger partial charge on any atom is -0.496 e. The second-order valence-electron chi connectivity index (χ2n) is 5.32. The van der Waals surface area contributed by atoms with E-state index in [1.54, 1.807) is 30.3 Å². The molecule has 0 aliphatic heterocycles. The Morgan fingerprint density at radius 1 is 1.00 bits per heavy atom. The quantitative estimate of drug-likeness (QED) is 0.888. The lowest BCUT2D eigenvalue weighted by Gasteiger charge is -2.10. The summed E-state index contributed by atoms with van der Waals surface area (Å²) in [6, 6.07) is 12.5. The van der Waals surface area contributed by atoms with Gasteiger partial charge in [0.1, 0.15) is 5.75 Å². The molecule has 0 aliphatic carbocycles. The molecule has 0 amide bonds. The maximum atomic E-state index is 12.4. The third kappa shape index (κ3) is 4.32. The fourth-order valence-corrected chi connectivity index (χ4v) is 3.80. The van der Waals surface area contributed by atoms with Crippen molar-refractivity contribution in [3.05, 3.63) is 64.7 Å². The average Bonchev–Trinajstić information content (AvgIpc) is 2.47. The number of rotatable bonds is 6. The Kier molecular flexibility index (Phi) is 5.21. The van der Waals surface area contributed by atoms with Gasteiger partial charge in [-0.25, -0.2) is 8.42 Å². The van der Waals surface area contributed by atoms with E-state index >= 15 is 0 Å². The summed E-state index contributed by atoms with van der Waals surface area (Å²) < 4.78 is 30.0. The Morgan fingerprint density at radius 3 is 2.23 bits per heavy atom. The Bertz CT molecular complexity index is 734. The normalized spacial score (nSPS) is 11.4. The Morgan fingerprint density at radius 2 is 1.64 bits per heavy atom. The molecule has 22 heavy (non-hydrogen) atoms. The molecule has 0 saturated carbocycles. The molecule has 0 unspecified atom stereocenters. The van der Waals surface area contributed by atoms with Crippen LogP contribution in [0.2, 0.25) is 0 Å². The van der Waals surface area contributed by atoms with Gasteiger partial charge < -0.3 is 9.84 Å². The van der Waals surface area contributed by atoms with Crippen LogP contribution in [0.1, 0.15) is 22.3 Å². The minimum atomic E-state index is -3.30. The van der Waals surface area contributed by atoms with Gasteiger partial charge in [0.2, 0.25) is 0 Å². The predicted molar refractivity (Wildman–Crippen MR) is 86.4 cm³/mol. The third-order valence-electron chi connectivity index (χ3n) is 3.40. The summed E-state index contributed by atoms with van der Waals surface area (Å²) in [5.74, 6) is 0.500. The monoisotopic (exact) mass is 320 g/mol. The van der Waals surface area contributed by atoms with Gasteiger partial charge in [0, 0.05) is 5.56 Å². The van der Waals surface area contributed by atoms with E-state index in [4.69, 9.17) is 9.84 Å². The second-order valence-corrected chi connectivity index (χ2v) is 7.39. The smallest absolute Gasteiger partial charge is 0.158 e. The average molecular weight is 320 g/mol. The number of benzene rings is 2. The Labute approximate surface area is 131 Å². The van der Waals surface area contributed by atoms with Gasteiger partial charge in [-0.3, -0.25) is 0 Å². The molecule has 0 atom stereocenters. The predicted octanol–water partition coefficient (Wildman–Crippen LogP) is 2.61. The van der Waals surface area contributed by atoms with Crippen LogP contribution in [0.4, 0.5) is 0 Å². The van der Waals surface area contributed by atoms with Crippen molar-refractivity contribution >= 4 is 9.84 Å². The van der Waals surface area contributed by atoms with E-state index in [2.05, 4.69) is 0 Å². The lowest BCUT2D eigenvalue weighted by molar-refractivity contribution is 0.282. The van der Waals surface area contributed by atoms with E-state index in [1.165, 1.54) is 7.11 Å². The summed E-state index contributed by atoms with van der Waals surface area (Å²) in [5.41, 5.74) is 3.15. The number of sulfone groups is 1. The van der Waals surface area contributed by atoms with Crippen LogP contribution in [0, 0.1) is 6.92 Å². The molecule has 2 aromatic carbocycles. The number of methoxy groups -OCH3 is 1. The van der Waals surface area contributed by atoms with Crippen LogP contribution in [0.3, 0.4) is 0 Å². The number of aryl methyl sites for hydroxylation is 1. The molecule has 0 fully saturated rings. The number of aliphatic hydroxyl groups is 1. The summed E-state index contributed by atoms with van der Waals surface area (Å²) >= 11 is 0. The zero-order valence-corrected chi connectivity index (χ0v) is 13.6. The number of hydrogen-bond donors (Lipinski definition) is 1. The highest BCUT2D eigenvalue weighted by Gasteiger charge is 2.16. The van der Waals surface area contributed by atoms with Crippen molar-refractivity contribution in [2.75, 3.05) is 7.11 Å². The van der Waals surface area contributed by atoms with Crippen molar-refractivity contribution < 1.29 is 18.3 Å². The molecular formula is C17H20O4S. The van der Waals surface area contributed by atoms with Gasteiger partial charge in [-0.2, -0.15) is 0 Å². The molecule has 0 bridgehead atoms. The molecule has 0 heterocycles. The second kappa shape index (κ2) is 6.94. The van der Waals surface area contributed by atoms with Gasteiger partial charge in [-0.1, -0.05) is 42.0 Å². The third-order valence-corrected chi connectivity index (χ3v) is 4.93. The van der Waals surface area contributed by atoms with E-state index in [1.807, 2.05) is 19.1 Å². The molecule has 2 aromatic rings. The van der Waals surface area contributed by atoms with Crippen molar-refractivity contribution in [2.24, 2.45) is 0 Å². The van der Waals surface area contributed by atoms with E-state index in [0.29, 0.717) is 16.9 Å². The number of hydrogen-bond acceptors (Lipinski definition) is 4. The van der Waals surface area contributed by atoms with Crippen molar-refractivity contribution in [3.8, 4) is 5.75 Å². The molecule has 4 nitrogen and oxygen atoms in total. The topological polar surface area (TPSA) is 63.6 Å². The van der Waals surface area contributed by atoms with Gasteiger partial charge in [0.05, 0.1) is 25.2 Å². The molecule has 0 saturated heterocycles. The van der Waals surface area contributed by atoms with E-state index in [9.17, 15) is 8.42 Å². The highest BCUT2D eigenvalue weighted by molar-refractivity contribution is 7.89.